The van der Waals surface area contributed by atoms with E-state index in [4.69, 9.17) is 10.1 Å². The minimum absolute atomic E-state index is 0.276. The van der Waals surface area contributed by atoms with Gasteiger partial charge in [0.15, 0.2) is 0 Å². The lowest BCUT2D eigenvalue weighted by molar-refractivity contribution is -0.111. The summed E-state index contributed by atoms with van der Waals surface area (Å²) >= 11 is 0. The van der Waals surface area contributed by atoms with Crippen LogP contribution in [0.15, 0.2) is 48.8 Å². The molecule has 0 unspecified atom stereocenters. The van der Waals surface area contributed by atoms with E-state index < -0.39 is 0 Å². The molecule has 0 radical (unpaired) electrons. The number of hydrogen-bond donors (Lipinski definition) is 2. The lowest BCUT2D eigenvalue weighted by Gasteiger charge is -2.06. The summed E-state index contributed by atoms with van der Waals surface area (Å²) in [6.45, 7) is 5.16. The fraction of sp³-hybridized carbons (Fsp3) is 0.143. The molecular weight excluding hydrogens is 228 g/mol. The zero-order valence-electron chi connectivity index (χ0n) is 10.5. The predicted octanol–water partition coefficient (Wildman–Crippen LogP) is 2.73. The number of carbonyl (C=O) groups is 1. The Morgan fingerprint density at radius 3 is 2.83 bits per heavy atom. The molecule has 0 atom stereocenters. The molecule has 1 aromatic rings. The normalized spacial score (nSPS) is 10.7. The predicted molar refractivity (Wildman–Crippen MR) is 72.9 cm³/mol. The summed E-state index contributed by atoms with van der Waals surface area (Å²) < 4.78 is 4.99. The molecule has 18 heavy (non-hydrogen) atoms. The minimum Gasteiger partial charge on any atom is -0.501 e. The van der Waals surface area contributed by atoms with Crippen LogP contribution in [0.4, 0.5) is 5.69 Å². The van der Waals surface area contributed by atoms with Crippen molar-refractivity contribution in [2.75, 3.05) is 12.4 Å². The van der Waals surface area contributed by atoms with Gasteiger partial charge >= 0.3 is 0 Å². The molecule has 0 aliphatic heterocycles. The van der Waals surface area contributed by atoms with Crippen LogP contribution in [0.2, 0.25) is 0 Å². The first-order chi connectivity index (χ1) is 8.56. The van der Waals surface area contributed by atoms with Gasteiger partial charge in [-0.1, -0.05) is 18.7 Å². The average Bonchev–Trinajstić information content (AvgIpc) is 2.38. The van der Waals surface area contributed by atoms with Gasteiger partial charge in [0, 0.05) is 17.3 Å². The molecule has 1 amide bonds. The monoisotopic (exact) mass is 244 g/mol. The number of benzene rings is 1. The first-order valence-corrected chi connectivity index (χ1v) is 5.41. The van der Waals surface area contributed by atoms with Crippen LogP contribution in [0.25, 0.3) is 0 Å². The van der Waals surface area contributed by atoms with Gasteiger partial charge in [0.25, 0.3) is 0 Å². The molecule has 0 spiro atoms. The highest BCUT2D eigenvalue weighted by Crippen LogP contribution is 2.12. The summed E-state index contributed by atoms with van der Waals surface area (Å²) in [4.78, 5) is 11.2. The van der Waals surface area contributed by atoms with Crippen LogP contribution < -0.4 is 5.32 Å². The van der Waals surface area contributed by atoms with Gasteiger partial charge in [0.2, 0.25) is 5.91 Å². The van der Waals surface area contributed by atoms with Crippen molar-refractivity contribution in [1.29, 1.82) is 5.41 Å². The van der Waals surface area contributed by atoms with E-state index in [-0.39, 0.29) is 5.91 Å². The second-order valence-electron chi connectivity index (χ2n) is 3.65. The average molecular weight is 244 g/mol. The molecule has 2 N–H and O–H groups in total. The van der Waals surface area contributed by atoms with Gasteiger partial charge in [-0.25, -0.2) is 0 Å². The van der Waals surface area contributed by atoms with Gasteiger partial charge < -0.3 is 15.5 Å². The molecule has 0 aliphatic rings. The van der Waals surface area contributed by atoms with E-state index in [2.05, 4.69) is 11.9 Å². The summed E-state index contributed by atoms with van der Waals surface area (Å²) in [5, 5.41) is 10.5. The van der Waals surface area contributed by atoms with Gasteiger partial charge in [0.1, 0.15) is 0 Å². The van der Waals surface area contributed by atoms with Crippen LogP contribution in [0, 0.1) is 5.41 Å². The first-order valence-electron chi connectivity index (χ1n) is 5.41. The third-order valence-electron chi connectivity index (χ3n) is 2.30. The fourth-order valence-corrected chi connectivity index (χ4v) is 1.30. The van der Waals surface area contributed by atoms with Crippen LogP contribution in [0.5, 0.6) is 0 Å². The van der Waals surface area contributed by atoms with E-state index in [1.807, 2.05) is 0 Å². The van der Waals surface area contributed by atoms with Gasteiger partial charge in [0.05, 0.1) is 18.6 Å². The van der Waals surface area contributed by atoms with Crippen LogP contribution in [0.1, 0.15) is 12.5 Å². The number of ether oxygens (including phenoxy) is 1. The standard InChI is InChI=1S/C14H16N2O2/c1-4-14(17)16-12-7-5-6-11(9-12)13(15)8-10(2)18-3/h4-9,15H,1H2,2-3H3,(H,16,17)/b10-8+,15-13?. The maximum Gasteiger partial charge on any atom is 0.247 e. The molecule has 0 bridgehead atoms. The summed E-state index contributed by atoms with van der Waals surface area (Å²) in [6.07, 6.45) is 2.82. The Balaban J connectivity index is 2.91. The molecule has 4 nitrogen and oxygen atoms in total. The van der Waals surface area contributed by atoms with Crippen LogP contribution in [-0.4, -0.2) is 18.7 Å². The van der Waals surface area contributed by atoms with Crippen LogP contribution in [-0.2, 0) is 9.53 Å². The SMILES string of the molecule is C=CC(=O)Nc1cccc(C(=N)/C=C(\C)OC)c1. The summed E-state index contributed by atoms with van der Waals surface area (Å²) in [5.74, 6) is 0.378. The Hall–Kier alpha value is -2.36. The molecule has 0 fully saturated rings. The molecule has 1 aromatic carbocycles. The molecular formula is C14H16N2O2. The van der Waals surface area contributed by atoms with Gasteiger partial charge in [-0.3, -0.25) is 4.79 Å². The number of carbonyl (C=O) groups excluding carboxylic acids is 1. The van der Waals surface area contributed by atoms with Crippen molar-refractivity contribution >= 4 is 17.3 Å². The number of amides is 1. The molecule has 0 aliphatic carbocycles. The first kappa shape index (κ1) is 13.7. The highest BCUT2D eigenvalue weighted by Gasteiger charge is 2.02. The highest BCUT2D eigenvalue weighted by atomic mass is 16.5. The van der Waals surface area contributed by atoms with Crippen LogP contribution in [0.3, 0.4) is 0 Å². The number of rotatable bonds is 5. The number of hydrogen-bond acceptors (Lipinski definition) is 3. The maximum absolute atomic E-state index is 11.2. The number of nitrogens with one attached hydrogen (secondary N) is 2. The van der Waals surface area contributed by atoms with Gasteiger partial charge in [-0.15, -0.1) is 0 Å². The second-order valence-corrected chi connectivity index (χ2v) is 3.65. The summed E-state index contributed by atoms with van der Waals surface area (Å²) in [6, 6.07) is 7.05. The Labute approximate surface area is 106 Å². The lowest BCUT2D eigenvalue weighted by atomic mass is 10.1. The highest BCUT2D eigenvalue weighted by molar-refractivity contribution is 6.08. The van der Waals surface area contributed by atoms with Crippen molar-refractivity contribution in [3.8, 4) is 0 Å². The quantitative estimate of drug-likeness (QED) is 0.475. The molecule has 0 saturated carbocycles. The zero-order chi connectivity index (χ0) is 13.5. The Morgan fingerprint density at radius 2 is 2.22 bits per heavy atom. The van der Waals surface area contributed by atoms with Crippen LogP contribution >= 0.6 is 0 Å². The Kier molecular flexibility index (Phi) is 4.87. The van der Waals surface area contributed by atoms with Gasteiger partial charge in [-0.05, 0) is 25.1 Å². The van der Waals surface area contributed by atoms with Crippen molar-refractivity contribution in [3.05, 3.63) is 54.3 Å². The second kappa shape index (κ2) is 6.39. The van der Waals surface area contributed by atoms with E-state index in [9.17, 15) is 4.79 Å². The van der Waals surface area contributed by atoms with Crippen molar-refractivity contribution < 1.29 is 9.53 Å². The van der Waals surface area contributed by atoms with E-state index in [1.54, 1.807) is 44.4 Å². The molecule has 0 heterocycles. The maximum atomic E-state index is 11.2. The lowest BCUT2D eigenvalue weighted by Crippen LogP contribution is -2.08. The van der Waals surface area contributed by atoms with E-state index in [0.29, 0.717) is 22.7 Å². The minimum atomic E-state index is -0.276. The van der Waals surface area contributed by atoms with Crippen molar-refractivity contribution in [2.24, 2.45) is 0 Å². The van der Waals surface area contributed by atoms with Crippen molar-refractivity contribution in [2.45, 2.75) is 6.92 Å². The number of methoxy groups -OCH3 is 1. The molecule has 0 saturated heterocycles. The van der Waals surface area contributed by atoms with E-state index >= 15 is 0 Å². The Morgan fingerprint density at radius 1 is 1.50 bits per heavy atom. The van der Waals surface area contributed by atoms with Crippen molar-refractivity contribution in [1.82, 2.24) is 0 Å². The smallest absolute Gasteiger partial charge is 0.247 e. The third kappa shape index (κ3) is 3.90. The summed E-state index contributed by atoms with van der Waals surface area (Å²) in [7, 11) is 1.56. The van der Waals surface area contributed by atoms with Gasteiger partial charge in [-0.2, -0.15) is 0 Å². The molecule has 4 heteroatoms. The molecule has 0 aromatic heterocycles. The topological polar surface area (TPSA) is 62.2 Å². The molecule has 1 rings (SSSR count). The Bertz CT molecular complexity index is 504. The van der Waals surface area contributed by atoms with E-state index in [0.717, 1.165) is 0 Å². The fourth-order valence-electron chi connectivity index (χ4n) is 1.30. The third-order valence-corrected chi connectivity index (χ3v) is 2.30. The summed E-state index contributed by atoms with van der Waals surface area (Å²) in [5.41, 5.74) is 1.66. The molecule has 94 valence electrons. The van der Waals surface area contributed by atoms with Crippen molar-refractivity contribution in [3.63, 3.8) is 0 Å². The number of anilines is 1. The number of allylic oxidation sites excluding steroid dienone is 2. The largest absolute Gasteiger partial charge is 0.501 e. The van der Waals surface area contributed by atoms with E-state index in [1.165, 1.54) is 6.08 Å². The zero-order valence-corrected chi connectivity index (χ0v) is 10.5.